The molecule has 16 heavy (non-hydrogen) atoms. The highest BCUT2D eigenvalue weighted by atomic mass is 35.5. The number of halogens is 1. The third-order valence-electron chi connectivity index (χ3n) is 2.30. The maximum atomic E-state index is 5.97. The van der Waals surface area contributed by atoms with Crippen LogP contribution in [0.4, 0.5) is 0 Å². The molecule has 0 aliphatic rings. The molecule has 3 nitrogen and oxygen atoms in total. The monoisotopic (exact) mass is 242 g/mol. The van der Waals surface area contributed by atoms with E-state index in [1.165, 1.54) is 6.33 Å². The van der Waals surface area contributed by atoms with Crippen LogP contribution in [0.1, 0.15) is 39.7 Å². The molecular formula is C12H19ClN2O. The van der Waals surface area contributed by atoms with Gasteiger partial charge in [0.15, 0.2) is 0 Å². The predicted octanol–water partition coefficient (Wildman–Crippen LogP) is 3.51. The Bertz CT molecular complexity index is 347. The number of ether oxygens (including phenoxy) is 1. The lowest BCUT2D eigenvalue weighted by molar-refractivity contribution is 0.234. The van der Waals surface area contributed by atoms with Crippen LogP contribution in [-0.2, 0) is 6.42 Å². The molecule has 0 unspecified atom stereocenters. The molecule has 0 saturated heterocycles. The van der Waals surface area contributed by atoms with E-state index in [0.717, 1.165) is 18.4 Å². The minimum Gasteiger partial charge on any atom is -0.477 e. The first-order valence-electron chi connectivity index (χ1n) is 5.56. The Balaban J connectivity index is 2.64. The van der Waals surface area contributed by atoms with Crippen molar-refractivity contribution in [3.05, 3.63) is 17.0 Å². The molecule has 0 atom stereocenters. The smallest absolute Gasteiger partial charge is 0.221 e. The van der Waals surface area contributed by atoms with E-state index in [2.05, 4.69) is 30.7 Å². The molecule has 0 bridgehead atoms. The van der Waals surface area contributed by atoms with E-state index >= 15 is 0 Å². The molecule has 1 aromatic heterocycles. The van der Waals surface area contributed by atoms with Crippen LogP contribution in [0, 0.1) is 5.41 Å². The number of nitrogens with zero attached hydrogens (tertiary/aromatic N) is 2. The van der Waals surface area contributed by atoms with Gasteiger partial charge in [-0.1, -0.05) is 39.3 Å². The molecule has 4 heteroatoms. The summed E-state index contributed by atoms with van der Waals surface area (Å²) in [4.78, 5) is 8.05. The lowest BCUT2D eigenvalue weighted by Gasteiger charge is -2.18. The maximum Gasteiger partial charge on any atom is 0.221 e. The Morgan fingerprint density at radius 1 is 1.31 bits per heavy atom. The van der Waals surface area contributed by atoms with E-state index in [-0.39, 0.29) is 5.41 Å². The predicted molar refractivity (Wildman–Crippen MR) is 66.0 cm³/mol. The Morgan fingerprint density at radius 2 is 2.00 bits per heavy atom. The van der Waals surface area contributed by atoms with Gasteiger partial charge in [0.2, 0.25) is 5.88 Å². The number of hydrogen-bond donors (Lipinski definition) is 0. The Morgan fingerprint density at radius 3 is 2.56 bits per heavy atom. The molecule has 1 aromatic rings. The summed E-state index contributed by atoms with van der Waals surface area (Å²) in [6.45, 7) is 9.23. The third kappa shape index (κ3) is 3.97. The average molecular weight is 243 g/mol. The zero-order valence-electron chi connectivity index (χ0n) is 10.4. The summed E-state index contributed by atoms with van der Waals surface area (Å²) < 4.78 is 5.65. The van der Waals surface area contributed by atoms with Crippen molar-refractivity contribution in [2.45, 2.75) is 40.5 Å². The summed E-state index contributed by atoms with van der Waals surface area (Å²) in [5.74, 6) is 0.617. The van der Waals surface area contributed by atoms with Crippen molar-refractivity contribution in [2.75, 3.05) is 6.61 Å². The van der Waals surface area contributed by atoms with Gasteiger partial charge in [-0.3, -0.25) is 0 Å². The molecule has 1 rings (SSSR count). The highest BCUT2D eigenvalue weighted by Crippen LogP contribution is 2.24. The minimum absolute atomic E-state index is 0.267. The molecule has 0 aliphatic carbocycles. The van der Waals surface area contributed by atoms with Crippen LogP contribution in [-0.4, -0.2) is 16.6 Å². The van der Waals surface area contributed by atoms with Crippen molar-refractivity contribution in [2.24, 2.45) is 5.41 Å². The standard InChI is InChI=1S/C12H19ClN2O/c1-5-9-10(13)14-8-15-11(9)16-7-6-12(2,3)4/h8H,5-7H2,1-4H3. The Hall–Kier alpha value is -0.830. The molecule has 0 radical (unpaired) electrons. The highest BCUT2D eigenvalue weighted by molar-refractivity contribution is 6.30. The van der Waals surface area contributed by atoms with Crippen LogP contribution in [0.25, 0.3) is 0 Å². The highest BCUT2D eigenvalue weighted by Gasteiger charge is 2.12. The van der Waals surface area contributed by atoms with Gasteiger partial charge in [-0.15, -0.1) is 0 Å². The quantitative estimate of drug-likeness (QED) is 0.758. The molecule has 0 aliphatic heterocycles. The second-order valence-electron chi connectivity index (χ2n) is 4.96. The SMILES string of the molecule is CCc1c(Cl)ncnc1OCCC(C)(C)C. The Labute approximate surface area is 102 Å². The average Bonchev–Trinajstić information content (AvgIpc) is 2.16. The summed E-state index contributed by atoms with van der Waals surface area (Å²) in [7, 11) is 0. The fourth-order valence-electron chi connectivity index (χ4n) is 1.25. The number of hydrogen-bond acceptors (Lipinski definition) is 3. The second kappa shape index (κ2) is 5.48. The van der Waals surface area contributed by atoms with Gasteiger partial charge in [0, 0.05) is 0 Å². The molecule has 0 aromatic carbocycles. The molecule has 0 N–H and O–H groups in total. The van der Waals surface area contributed by atoms with Gasteiger partial charge in [0.05, 0.1) is 12.2 Å². The number of rotatable bonds is 4. The lowest BCUT2D eigenvalue weighted by atomic mass is 9.93. The van der Waals surface area contributed by atoms with Crippen LogP contribution < -0.4 is 4.74 Å². The van der Waals surface area contributed by atoms with Crippen molar-refractivity contribution >= 4 is 11.6 Å². The summed E-state index contributed by atoms with van der Waals surface area (Å²) >= 11 is 5.97. The summed E-state index contributed by atoms with van der Waals surface area (Å²) in [6.07, 6.45) is 3.20. The summed E-state index contributed by atoms with van der Waals surface area (Å²) in [5, 5.41) is 0.489. The minimum atomic E-state index is 0.267. The van der Waals surface area contributed by atoms with E-state index < -0.39 is 0 Å². The first kappa shape index (κ1) is 13.2. The van der Waals surface area contributed by atoms with Gasteiger partial charge in [-0.05, 0) is 18.3 Å². The molecule has 0 fully saturated rings. The van der Waals surface area contributed by atoms with E-state index in [1.807, 2.05) is 6.92 Å². The van der Waals surface area contributed by atoms with Crippen LogP contribution >= 0.6 is 11.6 Å². The molecule has 90 valence electrons. The fourth-order valence-corrected chi connectivity index (χ4v) is 1.51. The normalized spacial score (nSPS) is 11.6. The largest absolute Gasteiger partial charge is 0.477 e. The van der Waals surface area contributed by atoms with E-state index in [0.29, 0.717) is 17.6 Å². The van der Waals surface area contributed by atoms with E-state index in [1.54, 1.807) is 0 Å². The molecule has 1 heterocycles. The van der Waals surface area contributed by atoms with Crippen molar-refractivity contribution in [3.8, 4) is 5.88 Å². The van der Waals surface area contributed by atoms with Crippen LogP contribution in [0.2, 0.25) is 5.15 Å². The zero-order valence-corrected chi connectivity index (χ0v) is 11.1. The van der Waals surface area contributed by atoms with E-state index in [4.69, 9.17) is 16.3 Å². The van der Waals surface area contributed by atoms with Crippen LogP contribution in [0.15, 0.2) is 6.33 Å². The Kier molecular flexibility index (Phi) is 4.54. The number of aromatic nitrogens is 2. The topological polar surface area (TPSA) is 35.0 Å². The van der Waals surface area contributed by atoms with Gasteiger partial charge >= 0.3 is 0 Å². The van der Waals surface area contributed by atoms with E-state index in [9.17, 15) is 0 Å². The lowest BCUT2D eigenvalue weighted by Crippen LogP contribution is -2.12. The zero-order chi connectivity index (χ0) is 12.2. The van der Waals surface area contributed by atoms with Crippen LogP contribution in [0.5, 0.6) is 5.88 Å². The van der Waals surface area contributed by atoms with Crippen molar-refractivity contribution in [1.82, 2.24) is 9.97 Å². The maximum absolute atomic E-state index is 5.97. The first-order chi connectivity index (χ1) is 7.44. The van der Waals surface area contributed by atoms with Crippen molar-refractivity contribution < 1.29 is 4.74 Å². The van der Waals surface area contributed by atoms with Gasteiger partial charge in [0.1, 0.15) is 11.5 Å². The van der Waals surface area contributed by atoms with Gasteiger partial charge in [-0.2, -0.15) is 0 Å². The molecular weight excluding hydrogens is 224 g/mol. The fraction of sp³-hybridized carbons (Fsp3) is 0.667. The third-order valence-corrected chi connectivity index (χ3v) is 2.62. The van der Waals surface area contributed by atoms with Crippen molar-refractivity contribution in [1.29, 1.82) is 0 Å². The van der Waals surface area contributed by atoms with Gasteiger partial charge in [-0.25, -0.2) is 9.97 Å². The first-order valence-corrected chi connectivity index (χ1v) is 5.94. The molecule has 0 saturated carbocycles. The summed E-state index contributed by atoms with van der Waals surface area (Å²) in [5.41, 5.74) is 1.15. The molecule has 0 spiro atoms. The van der Waals surface area contributed by atoms with Gasteiger partial charge in [0.25, 0.3) is 0 Å². The van der Waals surface area contributed by atoms with Gasteiger partial charge < -0.3 is 4.74 Å². The van der Waals surface area contributed by atoms with Crippen LogP contribution in [0.3, 0.4) is 0 Å². The summed E-state index contributed by atoms with van der Waals surface area (Å²) in [6, 6.07) is 0. The molecule has 0 amide bonds. The second-order valence-corrected chi connectivity index (χ2v) is 5.32. The van der Waals surface area contributed by atoms with Crippen molar-refractivity contribution in [3.63, 3.8) is 0 Å².